The van der Waals surface area contributed by atoms with E-state index < -0.39 is 5.91 Å². The molecule has 0 bridgehead atoms. The summed E-state index contributed by atoms with van der Waals surface area (Å²) < 4.78 is 5.11. The second-order valence-electron chi connectivity index (χ2n) is 6.19. The fourth-order valence-corrected chi connectivity index (χ4v) is 3.49. The van der Waals surface area contributed by atoms with E-state index in [9.17, 15) is 10.1 Å². The number of nitrogens with zero attached hydrogens (tertiary/aromatic N) is 2. The van der Waals surface area contributed by atoms with Gasteiger partial charge in [0.1, 0.15) is 17.4 Å². The molecule has 1 amide bonds. The van der Waals surface area contributed by atoms with E-state index >= 15 is 0 Å². The van der Waals surface area contributed by atoms with Crippen LogP contribution in [0, 0.1) is 18.3 Å². The quantitative estimate of drug-likeness (QED) is 0.494. The number of anilines is 1. The van der Waals surface area contributed by atoms with Crippen molar-refractivity contribution < 1.29 is 9.53 Å². The lowest BCUT2D eigenvalue weighted by Crippen LogP contribution is -2.13. The molecule has 0 atom stereocenters. The summed E-state index contributed by atoms with van der Waals surface area (Å²) in [5.41, 5.74) is 3.16. The van der Waals surface area contributed by atoms with Gasteiger partial charge in [-0.25, -0.2) is 4.98 Å². The zero-order chi connectivity index (χ0) is 19.9. The van der Waals surface area contributed by atoms with Gasteiger partial charge < -0.3 is 4.74 Å². The molecule has 0 fully saturated rings. The molecule has 1 aromatic heterocycles. The zero-order valence-electron chi connectivity index (χ0n) is 15.6. The van der Waals surface area contributed by atoms with Crippen LogP contribution >= 0.6 is 11.3 Å². The number of rotatable bonds is 6. The van der Waals surface area contributed by atoms with E-state index in [4.69, 9.17) is 4.74 Å². The standard InChI is InChI=1S/C22H19N3O2S/c1-15-4-3-5-17(10-15)12-20-14-24-22(28-20)25-21(26)18(13-23)11-16-6-8-19(27-2)9-7-16/h3-11,14H,12H2,1-2H3,(H,24,25,26)/b18-11+. The molecule has 0 radical (unpaired) electrons. The summed E-state index contributed by atoms with van der Waals surface area (Å²) >= 11 is 1.40. The van der Waals surface area contributed by atoms with Crippen LogP contribution in [0.2, 0.25) is 0 Å². The highest BCUT2D eigenvalue weighted by Gasteiger charge is 2.12. The molecular formula is C22H19N3O2S. The van der Waals surface area contributed by atoms with Crippen molar-refractivity contribution in [1.82, 2.24) is 4.98 Å². The number of ether oxygens (including phenoxy) is 1. The van der Waals surface area contributed by atoms with E-state index in [0.29, 0.717) is 10.9 Å². The highest BCUT2D eigenvalue weighted by molar-refractivity contribution is 7.15. The molecule has 6 heteroatoms. The molecule has 0 aliphatic heterocycles. The van der Waals surface area contributed by atoms with Gasteiger partial charge >= 0.3 is 0 Å². The Morgan fingerprint density at radius 1 is 1.29 bits per heavy atom. The van der Waals surface area contributed by atoms with Crippen molar-refractivity contribution in [2.45, 2.75) is 13.3 Å². The Morgan fingerprint density at radius 2 is 2.07 bits per heavy atom. The minimum atomic E-state index is -0.477. The fraction of sp³-hybridized carbons (Fsp3) is 0.136. The third kappa shape index (κ3) is 5.06. The van der Waals surface area contributed by atoms with Gasteiger partial charge in [-0.2, -0.15) is 5.26 Å². The minimum Gasteiger partial charge on any atom is -0.497 e. The van der Waals surface area contributed by atoms with E-state index in [0.717, 1.165) is 16.9 Å². The first kappa shape index (κ1) is 19.3. The third-order valence-corrected chi connectivity index (χ3v) is 4.94. The summed E-state index contributed by atoms with van der Waals surface area (Å²) in [4.78, 5) is 17.7. The molecule has 0 unspecified atom stereocenters. The number of nitrogens with one attached hydrogen (secondary N) is 1. The third-order valence-electron chi connectivity index (χ3n) is 4.03. The summed E-state index contributed by atoms with van der Waals surface area (Å²) in [5.74, 6) is 0.235. The van der Waals surface area contributed by atoms with Crippen molar-refractivity contribution in [3.05, 3.63) is 81.9 Å². The van der Waals surface area contributed by atoms with Crippen molar-refractivity contribution >= 4 is 28.5 Å². The van der Waals surface area contributed by atoms with E-state index in [1.54, 1.807) is 37.6 Å². The van der Waals surface area contributed by atoms with Gasteiger partial charge in [-0.3, -0.25) is 10.1 Å². The molecule has 28 heavy (non-hydrogen) atoms. The largest absolute Gasteiger partial charge is 0.497 e. The number of hydrogen-bond acceptors (Lipinski definition) is 5. The summed E-state index contributed by atoms with van der Waals surface area (Å²) in [5, 5.41) is 12.5. The van der Waals surface area contributed by atoms with Crippen LogP contribution in [-0.2, 0) is 11.2 Å². The normalized spacial score (nSPS) is 11.0. The monoisotopic (exact) mass is 389 g/mol. The number of benzene rings is 2. The average Bonchev–Trinajstić information content (AvgIpc) is 3.13. The topological polar surface area (TPSA) is 75.0 Å². The van der Waals surface area contributed by atoms with Crippen molar-refractivity contribution in [2.24, 2.45) is 0 Å². The highest BCUT2D eigenvalue weighted by atomic mass is 32.1. The predicted octanol–water partition coefficient (Wildman–Crippen LogP) is 4.60. The van der Waals surface area contributed by atoms with E-state index in [2.05, 4.69) is 35.4 Å². The Balaban J connectivity index is 1.68. The number of methoxy groups -OCH3 is 1. The molecule has 3 aromatic rings. The van der Waals surface area contributed by atoms with Gasteiger partial charge in [0, 0.05) is 17.5 Å². The lowest BCUT2D eigenvalue weighted by molar-refractivity contribution is -0.112. The Morgan fingerprint density at radius 3 is 2.75 bits per heavy atom. The molecule has 1 heterocycles. The second-order valence-corrected chi connectivity index (χ2v) is 7.31. The average molecular weight is 389 g/mol. The number of nitriles is 1. The molecule has 140 valence electrons. The molecule has 5 nitrogen and oxygen atoms in total. The highest BCUT2D eigenvalue weighted by Crippen LogP contribution is 2.22. The van der Waals surface area contributed by atoms with Crippen molar-refractivity contribution in [2.75, 3.05) is 12.4 Å². The van der Waals surface area contributed by atoms with Crippen LogP contribution < -0.4 is 10.1 Å². The van der Waals surface area contributed by atoms with Crippen LogP contribution in [0.1, 0.15) is 21.6 Å². The lowest BCUT2D eigenvalue weighted by Gasteiger charge is -2.02. The summed E-state index contributed by atoms with van der Waals surface area (Å²) in [6.07, 6.45) is 4.04. The number of thiazole rings is 1. The van der Waals surface area contributed by atoms with Crippen molar-refractivity contribution in [3.63, 3.8) is 0 Å². The maximum Gasteiger partial charge on any atom is 0.268 e. The zero-order valence-corrected chi connectivity index (χ0v) is 16.4. The van der Waals surface area contributed by atoms with Gasteiger partial charge in [-0.05, 0) is 36.3 Å². The first-order valence-electron chi connectivity index (χ1n) is 8.65. The Bertz CT molecular complexity index is 1050. The van der Waals surface area contributed by atoms with Crippen LogP contribution in [0.25, 0.3) is 6.08 Å². The minimum absolute atomic E-state index is 0.0144. The number of carbonyl (C=O) groups excluding carboxylic acids is 1. The molecular weight excluding hydrogens is 370 g/mol. The summed E-state index contributed by atoms with van der Waals surface area (Å²) in [6.45, 7) is 2.06. The van der Waals surface area contributed by atoms with Crippen molar-refractivity contribution in [1.29, 1.82) is 5.26 Å². The molecule has 0 spiro atoms. The van der Waals surface area contributed by atoms with E-state index in [-0.39, 0.29) is 5.57 Å². The maximum atomic E-state index is 12.4. The van der Waals surface area contributed by atoms with Crippen LogP contribution in [0.4, 0.5) is 5.13 Å². The van der Waals surface area contributed by atoms with Gasteiger partial charge in [-0.1, -0.05) is 42.0 Å². The Hall–Kier alpha value is -3.43. The summed E-state index contributed by atoms with van der Waals surface area (Å²) in [6, 6.07) is 17.3. The SMILES string of the molecule is COc1ccc(/C=C(\C#N)C(=O)Nc2ncc(Cc3cccc(C)c3)s2)cc1. The first-order valence-corrected chi connectivity index (χ1v) is 9.46. The number of aromatic nitrogens is 1. The fourth-order valence-electron chi connectivity index (χ4n) is 2.65. The van der Waals surface area contributed by atoms with Gasteiger partial charge in [0.25, 0.3) is 5.91 Å². The van der Waals surface area contributed by atoms with Gasteiger partial charge in [0.15, 0.2) is 5.13 Å². The van der Waals surface area contributed by atoms with E-state index in [1.807, 2.05) is 12.1 Å². The van der Waals surface area contributed by atoms with Gasteiger partial charge in [-0.15, -0.1) is 11.3 Å². The number of hydrogen-bond donors (Lipinski definition) is 1. The molecule has 0 aliphatic rings. The number of aryl methyl sites for hydroxylation is 1. The van der Waals surface area contributed by atoms with Crippen LogP contribution in [0.3, 0.4) is 0 Å². The second kappa shape index (κ2) is 8.98. The van der Waals surface area contributed by atoms with Crippen LogP contribution in [-0.4, -0.2) is 18.0 Å². The lowest BCUT2D eigenvalue weighted by atomic mass is 10.1. The number of carbonyl (C=O) groups is 1. The molecule has 0 saturated heterocycles. The number of amides is 1. The Labute approximate surface area is 167 Å². The van der Waals surface area contributed by atoms with Crippen LogP contribution in [0.5, 0.6) is 5.75 Å². The first-order chi connectivity index (χ1) is 13.6. The maximum absolute atomic E-state index is 12.4. The van der Waals surface area contributed by atoms with Crippen LogP contribution in [0.15, 0.2) is 60.3 Å². The van der Waals surface area contributed by atoms with E-state index in [1.165, 1.54) is 28.5 Å². The predicted molar refractivity (Wildman–Crippen MR) is 111 cm³/mol. The van der Waals surface area contributed by atoms with Gasteiger partial charge in [0.2, 0.25) is 0 Å². The molecule has 0 saturated carbocycles. The smallest absolute Gasteiger partial charge is 0.268 e. The summed E-state index contributed by atoms with van der Waals surface area (Å²) in [7, 11) is 1.58. The molecule has 1 N–H and O–H groups in total. The van der Waals surface area contributed by atoms with Crippen molar-refractivity contribution in [3.8, 4) is 11.8 Å². The Kier molecular flexibility index (Phi) is 6.20. The molecule has 3 rings (SSSR count). The molecule has 0 aliphatic carbocycles. The van der Waals surface area contributed by atoms with Gasteiger partial charge in [0.05, 0.1) is 7.11 Å². The molecule has 2 aromatic carbocycles.